The second-order valence-electron chi connectivity index (χ2n) is 7.15. The van der Waals surface area contributed by atoms with Gasteiger partial charge in [0.1, 0.15) is 11.3 Å². The lowest BCUT2D eigenvalue weighted by Crippen LogP contribution is -2.53. The van der Waals surface area contributed by atoms with Crippen LogP contribution in [0.25, 0.3) is 0 Å². The summed E-state index contributed by atoms with van der Waals surface area (Å²) in [5, 5.41) is 2.80. The summed E-state index contributed by atoms with van der Waals surface area (Å²) in [4.78, 5) is 29.3. The number of alkyl carbamates (subject to hydrolysis) is 1. The van der Waals surface area contributed by atoms with E-state index in [-0.39, 0.29) is 11.9 Å². The van der Waals surface area contributed by atoms with E-state index in [1.807, 2.05) is 31.7 Å². The molecule has 0 unspecified atom stereocenters. The standard InChI is InChI=1S/C17H27N3O3/c1-12-7-6-10-20(15(21)13-8-5-9-18-13)14(12)11-19-16(22)23-17(2,3)4/h5,8-9,12,14,18H,6-7,10-11H2,1-4H3,(H,19,22)/t12-,14+/m1/s1. The van der Waals surface area contributed by atoms with Gasteiger partial charge in [0.2, 0.25) is 0 Å². The van der Waals surface area contributed by atoms with Crippen LogP contribution in [-0.4, -0.2) is 46.6 Å². The molecule has 6 nitrogen and oxygen atoms in total. The Balaban J connectivity index is 2.00. The molecule has 23 heavy (non-hydrogen) atoms. The molecule has 1 aromatic rings. The molecular formula is C17H27N3O3. The zero-order valence-electron chi connectivity index (χ0n) is 14.4. The number of hydrogen-bond acceptors (Lipinski definition) is 3. The van der Waals surface area contributed by atoms with Crippen LogP contribution in [0.15, 0.2) is 18.3 Å². The third-order valence-electron chi connectivity index (χ3n) is 4.06. The first-order valence-corrected chi connectivity index (χ1v) is 8.19. The number of nitrogens with zero attached hydrogens (tertiary/aromatic N) is 1. The average Bonchev–Trinajstić information content (AvgIpc) is 2.97. The number of likely N-dealkylation sites (tertiary alicyclic amines) is 1. The summed E-state index contributed by atoms with van der Waals surface area (Å²) in [6.07, 6.45) is 3.34. The Labute approximate surface area is 137 Å². The summed E-state index contributed by atoms with van der Waals surface area (Å²) in [5.74, 6) is 0.315. The minimum atomic E-state index is -0.526. The third-order valence-corrected chi connectivity index (χ3v) is 4.06. The molecule has 0 aliphatic carbocycles. The number of ether oxygens (including phenoxy) is 1. The van der Waals surface area contributed by atoms with Crippen LogP contribution in [-0.2, 0) is 4.74 Å². The Bertz CT molecular complexity index is 534. The number of H-pyrrole nitrogens is 1. The highest BCUT2D eigenvalue weighted by atomic mass is 16.6. The van der Waals surface area contributed by atoms with Crippen LogP contribution >= 0.6 is 0 Å². The van der Waals surface area contributed by atoms with Gasteiger partial charge in [-0.1, -0.05) is 6.92 Å². The van der Waals surface area contributed by atoms with E-state index in [1.54, 1.807) is 12.3 Å². The van der Waals surface area contributed by atoms with Crippen molar-refractivity contribution in [3.8, 4) is 0 Å². The molecule has 6 heteroatoms. The summed E-state index contributed by atoms with van der Waals surface area (Å²) < 4.78 is 5.27. The first-order chi connectivity index (χ1) is 10.8. The van der Waals surface area contributed by atoms with Gasteiger partial charge in [-0.05, 0) is 51.7 Å². The van der Waals surface area contributed by atoms with Crippen molar-refractivity contribution >= 4 is 12.0 Å². The molecule has 2 N–H and O–H groups in total. The van der Waals surface area contributed by atoms with Crippen molar-refractivity contribution in [1.29, 1.82) is 0 Å². The van der Waals surface area contributed by atoms with Crippen LogP contribution < -0.4 is 5.32 Å². The third kappa shape index (κ3) is 4.74. The van der Waals surface area contributed by atoms with Gasteiger partial charge in [-0.25, -0.2) is 4.79 Å². The Morgan fingerprint density at radius 2 is 2.17 bits per heavy atom. The summed E-state index contributed by atoms with van der Waals surface area (Å²) in [5.41, 5.74) is 0.0588. The van der Waals surface area contributed by atoms with Gasteiger partial charge in [-0.3, -0.25) is 4.79 Å². The fraction of sp³-hybridized carbons (Fsp3) is 0.647. The van der Waals surface area contributed by atoms with Crippen molar-refractivity contribution in [2.24, 2.45) is 5.92 Å². The Hall–Kier alpha value is -1.98. The van der Waals surface area contributed by atoms with E-state index < -0.39 is 11.7 Å². The Morgan fingerprint density at radius 3 is 2.78 bits per heavy atom. The largest absolute Gasteiger partial charge is 0.444 e. The molecule has 0 saturated carbocycles. The van der Waals surface area contributed by atoms with Gasteiger partial charge in [-0.15, -0.1) is 0 Å². The normalized spacial score (nSPS) is 21.8. The zero-order chi connectivity index (χ0) is 17.0. The summed E-state index contributed by atoms with van der Waals surface area (Å²) in [6, 6.07) is 3.57. The Kier molecular flexibility index (Phi) is 5.34. The van der Waals surface area contributed by atoms with Crippen molar-refractivity contribution in [1.82, 2.24) is 15.2 Å². The molecule has 128 valence electrons. The van der Waals surface area contributed by atoms with Crippen LogP contribution in [0.3, 0.4) is 0 Å². The van der Waals surface area contributed by atoms with Crippen LogP contribution in [0.1, 0.15) is 51.0 Å². The van der Waals surface area contributed by atoms with Crippen molar-refractivity contribution in [2.45, 2.75) is 52.2 Å². The van der Waals surface area contributed by atoms with Crippen LogP contribution in [0.2, 0.25) is 0 Å². The lowest BCUT2D eigenvalue weighted by molar-refractivity contribution is 0.0405. The molecule has 1 fully saturated rings. The molecule has 0 spiro atoms. The smallest absolute Gasteiger partial charge is 0.407 e. The van der Waals surface area contributed by atoms with Crippen molar-refractivity contribution < 1.29 is 14.3 Å². The van der Waals surface area contributed by atoms with Gasteiger partial charge in [0.25, 0.3) is 5.91 Å². The second kappa shape index (κ2) is 7.06. The first kappa shape index (κ1) is 17.4. The Morgan fingerprint density at radius 1 is 1.43 bits per heavy atom. The number of amides is 2. The maximum Gasteiger partial charge on any atom is 0.407 e. The monoisotopic (exact) mass is 321 g/mol. The highest BCUT2D eigenvalue weighted by molar-refractivity contribution is 5.92. The highest BCUT2D eigenvalue weighted by Gasteiger charge is 2.33. The molecule has 0 aromatic carbocycles. The molecule has 1 aliphatic rings. The maximum absolute atomic E-state index is 12.6. The number of hydrogen-bond donors (Lipinski definition) is 2. The zero-order valence-corrected chi connectivity index (χ0v) is 14.4. The van der Waals surface area contributed by atoms with Crippen molar-refractivity contribution in [2.75, 3.05) is 13.1 Å². The molecule has 1 aliphatic heterocycles. The van der Waals surface area contributed by atoms with Crippen molar-refractivity contribution in [3.05, 3.63) is 24.0 Å². The van der Waals surface area contributed by atoms with E-state index in [2.05, 4.69) is 17.2 Å². The fourth-order valence-corrected chi connectivity index (χ4v) is 2.93. The van der Waals surface area contributed by atoms with Gasteiger partial charge in [0, 0.05) is 19.3 Å². The minimum absolute atomic E-state index is 0.0162. The van der Waals surface area contributed by atoms with E-state index in [0.717, 1.165) is 12.8 Å². The maximum atomic E-state index is 12.6. The molecule has 0 radical (unpaired) electrons. The van der Waals surface area contributed by atoms with Gasteiger partial charge < -0.3 is 19.9 Å². The highest BCUT2D eigenvalue weighted by Crippen LogP contribution is 2.24. The number of aromatic amines is 1. The van der Waals surface area contributed by atoms with Gasteiger partial charge in [-0.2, -0.15) is 0 Å². The lowest BCUT2D eigenvalue weighted by atomic mass is 9.90. The average molecular weight is 321 g/mol. The second-order valence-corrected chi connectivity index (χ2v) is 7.15. The number of aromatic nitrogens is 1. The molecule has 2 amide bonds. The fourth-order valence-electron chi connectivity index (χ4n) is 2.93. The summed E-state index contributed by atoms with van der Waals surface area (Å²) in [6.45, 7) is 8.73. The number of carbonyl (C=O) groups excluding carboxylic acids is 2. The molecule has 1 aromatic heterocycles. The molecular weight excluding hydrogens is 294 g/mol. The predicted octanol–water partition coefficient (Wildman–Crippen LogP) is 2.78. The molecule has 0 bridgehead atoms. The van der Waals surface area contributed by atoms with E-state index in [0.29, 0.717) is 24.7 Å². The number of carbonyl (C=O) groups is 2. The van der Waals surface area contributed by atoms with Crippen LogP contribution in [0.4, 0.5) is 4.79 Å². The minimum Gasteiger partial charge on any atom is -0.444 e. The van der Waals surface area contributed by atoms with Gasteiger partial charge in [0.05, 0.1) is 6.04 Å². The SMILES string of the molecule is C[C@@H]1CCCN(C(=O)c2ccc[nH]2)[C@H]1CNC(=O)OC(C)(C)C. The topological polar surface area (TPSA) is 74.4 Å². The number of nitrogens with one attached hydrogen (secondary N) is 2. The van der Waals surface area contributed by atoms with Crippen LogP contribution in [0, 0.1) is 5.92 Å². The van der Waals surface area contributed by atoms with Crippen LogP contribution in [0.5, 0.6) is 0 Å². The lowest BCUT2D eigenvalue weighted by Gasteiger charge is -2.40. The van der Waals surface area contributed by atoms with Gasteiger partial charge in [0.15, 0.2) is 0 Å². The van der Waals surface area contributed by atoms with E-state index in [1.165, 1.54) is 0 Å². The predicted molar refractivity (Wildman–Crippen MR) is 88.3 cm³/mol. The first-order valence-electron chi connectivity index (χ1n) is 8.19. The molecule has 2 rings (SSSR count). The quantitative estimate of drug-likeness (QED) is 0.899. The van der Waals surface area contributed by atoms with Gasteiger partial charge >= 0.3 is 6.09 Å². The molecule has 2 atom stereocenters. The summed E-state index contributed by atoms with van der Waals surface area (Å²) >= 11 is 0. The van der Waals surface area contributed by atoms with E-state index >= 15 is 0 Å². The van der Waals surface area contributed by atoms with E-state index in [9.17, 15) is 9.59 Å². The molecule has 2 heterocycles. The molecule has 1 saturated heterocycles. The number of rotatable bonds is 3. The number of piperidine rings is 1. The van der Waals surface area contributed by atoms with E-state index in [4.69, 9.17) is 4.74 Å². The van der Waals surface area contributed by atoms with Crippen molar-refractivity contribution in [3.63, 3.8) is 0 Å². The summed E-state index contributed by atoms with van der Waals surface area (Å²) in [7, 11) is 0.